The summed E-state index contributed by atoms with van der Waals surface area (Å²) >= 11 is 0. The van der Waals surface area contributed by atoms with Crippen LogP contribution in [0.2, 0.25) is 0 Å². The van der Waals surface area contributed by atoms with Gasteiger partial charge >= 0.3 is 0 Å². The Morgan fingerprint density at radius 1 is 1.05 bits per heavy atom. The van der Waals surface area contributed by atoms with Crippen LogP contribution in [0.4, 0.5) is 5.69 Å². The van der Waals surface area contributed by atoms with E-state index in [0.717, 1.165) is 22.7 Å². The van der Waals surface area contributed by atoms with Gasteiger partial charge in [0.25, 0.3) is 0 Å². The van der Waals surface area contributed by atoms with Crippen molar-refractivity contribution in [3.63, 3.8) is 0 Å². The Balaban J connectivity index is 2.13. The molecule has 0 fully saturated rings. The van der Waals surface area contributed by atoms with E-state index in [1.807, 2.05) is 43.3 Å². The Morgan fingerprint density at radius 3 is 2.32 bits per heavy atom. The molecule has 2 aromatic carbocycles. The first-order valence-electron chi connectivity index (χ1n) is 6.17. The quantitative estimate of drug-likeness (QED) is 0.898. The van der Waals surface area contributed by atoms with Gasteiger partial charge in [-0.15, -0.1) is 0 Å². The molecule has 0 heterocycles. The van der Waals surface area contributed by atoms with E-state index in [4.69, 9.17) is 4.74 Å². The minimum atomic E-state index is -0.0805. The van der Waals surface area contributed by atoms with Crippen molar-refractivity contribution >= 4 is 11.6 Å². The molecule has 3 heteroatoms. The molecular formula is C16H17NO2. The SMILES string of the molecule is CC(=O)Nc1ccc(Oc2ccc(C)cc2C)cc1. The molecule has 0 aliphatic heterocycles. The van der Waals surface area contributed by atoms with E-state index in [9.17, 15) is 4.79 Å². The van der Waals surface area contributed by atoms with E-state index in [1.54, 1.807) is 0 Å². The predicted molar refractivity (Wildman–Crippen MR) is 76.7 cm³/mol. The van der Waals surface area contributed by atoms with Crippen molar-refractivity contribution in [3.05, 3.63) is 53.6 Å². The van der Waals surface area contributed by atoms with E-state index < -0.39 is 0 Å². The van der Waals surface area contributed by atoms with Crippen LogP contribution in [-0.2, 0) is 4.79 Å². The number of anilines is 1. The maximum absolute atomic E-state index is 10.9. The maximum atomic E-state index is 10.9. The van der Waals surface area contributed by atoms with Gasteiger partial charge in [0.05, 0.1) is 0 Å². The lowest BCUT2D eigenvalue weighted by molar-refractivity contribution is -0.114. The summed E-state index contributed by atoms with van der Waals surface area (Å²) in [7, 11) is 0. The number of amides is 1. The first-order valence-corrected chi connectivity index (χ1v) is 6.17. The molecule has 0 saturated heterocycles. The van der Waals surface area contributed by atoms with Crippen molar-refractivity contribution in [3.8, 4) is 11.5 Å². The first-order chi connectivity index (χ1) is 9.04. The largest absolute Gasteiger partial charge is 0.457 e. The van der Waals surface area contributed by atoms with E-state index >= 15 is 0 Å². The van der Waals surface area contributed by atoms with Crippen molar-refractivity contribution in [2.45, 2.75) is 20.8 Å². The van der Waals surface area contributed by atoms with Crippen molar-refractivity contribution in [2.24, 2.45) is 0 Å². The zero-order valence-corrected chi connectivity index (χ0v) is 11.4. The highest BCUT2D eigenvalue weighted by atomic mass is 16.5. The summed E-state index contributed by atoms with van der Waals surface area (Å²) in [4.78, 5) is 10.9. The predicted octanol–water partition coefficient (Wildman–Crippen LogP) is 4.05. The lowest BCUT2D eigenvalue weighted by Crippen LogP contribution is -2.05. The Labute approximate surface area is 113 Å². The number of carbonyl (C=O) groups excluding carboxylic acids is 1. The van der Waals surface area contributed by atoms with Crippen LogP contribution in [0.5, 0.6) is 11.5 Å². The van der Waals surface area contributed by atoms with Crippen LogP contribution >= 0.6 is 0 Å². The zero-order valence-electron chi connectivity index (χ0n) is 11.4. The van der Waals surface area contributed by atoms with Crippen LogP contribution in [-0.4, -0.2) is 5.91 Å². The van der Waals surface area contributed by atoms with Gasteiger partial charge in [-0.3, -0.25) is 4.79 Å². The summed E-state index contributed by atoms with van der Waals surface area (Å²) in [6, 6.07) is 13.4. The number of nitrogens with one attached hydrogen (secondary N) is 1. The summed E-state index contributed by atoms with van der Waals surface area (Å²) < 4.78 is 5.81. The smallest absolute Gasteiger partial charge is 0.221 e. The van der Waals surface area contributed by atoms with Gasteiger partial charge in [-0.1, -0.05) is 17.7 Å². The topological polar surface area (TPSA) is 38.3 Å². The molecule has 2 rings (SSSR count). The van der Waals surface area contributed by atoms with Crippen LogP contribution in [0, 0.1) is 13.8 Å². The van der Waals surface area contributed by atoms with Gasteiger partial charge in [0, 0.05) is 12.6 Å². The second-order valence-corrected chi connectivity index (χ2v) is 4.58. The molecule has 2 aromatic rings. The van der Waals surface area contributed by atoms with E-state index in [0.29, 0.717) is 0 Å². The van der Waals surface area contributed by atoms with E-state index in [-0.39, 0.29) is 5.91 Å². The molecule has 3 nitrogen and oxygen atoms in total. The standard InChI is InChI=1S/C16H17NO2/c1-11-4-9-16(12(2)10-11)19-15-7-5-14(6-8-15)17-13(3)18/h4-10H,1-3H3,(H,17,18). The molecule has 0 radical (unpaired) electrons. The highest BCUT2D eigenvalue weighted by Crippen LogP contribution is 2.26. The van der Waals surface area contributed by atoms with Gasteiger partial charge in [0.2, 0.25) is 5.91 Å². The van der Waals surface area contributed by atoms with E-state index in [2.05, 4.69) is 18.3 Å². The summed E-state index contributed by atoms with van der Waals surface area (Å²) in [5, 5.41) is 2.72. The van der Waals surface area contributed by atoms with Crippen LogP contribution < -0.4 is 10.1 Å². The molecule has 98 valence electrons. The fraction of sp³-hybridized carbons (Fsp3) is 0.188. The van der Waals surface area contributed by atoms with Crippen LogP contribution in [0.25, 0.3) is 0 Å². The fourth-order valence-electron chi connectivity index (χ4n) is 1.85. The van der Waals surface area contributed by atoms with E-state index in [1.165, 1.54) is 12.5 Å². The second-order valence-electron chi connectivity index (χ2n) is 4.58. The minimum Gasteiger partial charge on any atom is -0.457 e. The van der Waals surface area contributed by atoms with Crippen LogP contribution in [0.15, 0.2) is 42.5 Å². The Kier molecular flexibility index (Phi) is 3.85. The molecule has 1 amide bonds. The van der Waals surface area contributed by atoms with Gasteiger partial charge in [-0.2, -0.15) is 0 Å². The number of benzene rings is 2. The molecular weight excluding hydrogens is 238 g/mol. The molecule has 0 aliphatic rings. The molecule has 0 unspecified atom stereocenters. The number of carbonyl (C=O) groups is 1. The highest BCUT2D eigenvalue weighted by Gasteiger charge is 2.02. The van der Waals surface area contributed by atoms with Gasteiger partial charge < -0.3 is 10.1 Å². The third kappa shape index (κ3) is 3.58. The van der Waals surface area contributed by atoms with Crippen molar-refractivity contribution < 1.29 is 9.53 Å². The molecule has 0 saturated carbocycles. The molecule has 0 aliphatic carbocycles. The third-order valence-electron chi connectivity index (χ3n) is 2.73. The Bertz CT molecular complexity index is 588. The van der Waals surface area contributed by atoms with Crippen molar-refractivity contribution in [1.29, 1.82) is 0 Å². The summed E-state index contributed by atoms with van der Waals surface area (Å²) in [6.45, 7) is 5.56. The first kappa shape index (κ1) is 13.1. The number of rotatable bonds is 3. The zero-order chi connectivity index (χ0) is 13.8. The number of hydrogen-bond acceptors (Lipinski definition) is 2. The maximum Gasteiger partial charge on any atom is 0.221 e. The normalized spacial score (nSPS) is 10.1. The second kappa shape index (κ2) is 5.57. The van der Waals surface area contributed by atoms with Crippen LogP contribution in [0.3, 0.4) is 0 Å². The monoisotopic (exact) mass is 255 g/mol. The Morgan fingerprint density at radius 2 is 1.74 bits per heavy atom. The third-order valence-corrected chi connectivity index (χ3v) is 2.73. The molecule has 0 bridgehead atoms. The molecule has 0 atom stereocenters. The fourth-order valence-corrected chi connectivity index (χ4v) is 1.85. The van der Waals surface area contributed by atoms with Crippen molar-refractivity contribution in [2.75, 3.05) is 5.32 Å². The van der Waals surface area contributed by atoms with Gasteiger partial charge in [-0.25, -0.2) is 0 Å². The Hall–Kier alpha value is -2.29. The summed E-state index contributed by atoms with van der Waals surface area (Å²) in [5.41, 5.74) is 3.08. The molecule has 19 heavy (non-hydrogen) atoms. The van der Waals surface area contributed by atoms with Gasteiger partial charge in [0.15, 0.2) is 0 Å². The number of aryl methyl sites for hydroxylation is 2. The lowest BCUT2D eigenvalue weighted by Gasteiger charge is -2.10. The highest BCUT2D eigenvalue weighted by molar-refractivity contribution is 5.88. The van der Waals surface area contributed by atoms with Crippen molar-refractivity contribution in [1.82, 2.24) is 0 Å². The average molecular weight is 255 g/mol. The molecule has 1 N–H and O–H groups in total. The van der Waals surface area contributed by atoms with Gasteiger partial charge in [-0.05, 0) is 49.7 Å². The molecule has 0 aromatic heterocycles. The van der Waals surface area contributed by atoms with Gasteiger partial charge in [0.1, 0.15) is 11.5 Å². The number of ether oxygens (including phenoxy) is 1. The average Bonchev–Trinajstić information content (AvgIpc) is 2.34. The summed E-state index contributed by atoms with van der Waals surface area (Å²) in [5.74, 6) is 1.52. The number of hydrogen-bond donors (Lipinski definition) is 1. The summed E-state index contributed by atoms with van der Waals surface area (Å²) in [6.07, 6.45) is 0. The van der Waals surface area contributed by atoms with Crippen LogP contribution in [0.1, 0.15) is 18.1 Å². The lowest BCUT2D eigenvalue weighted by atomic mass is 10.1. The minimum absolute atomic E-state index is 0.0805. The molecule has 0 spiro atoms.